The Bertz CT molecular complexity index is 881. The summed E-state index contributed by atoms with van der Waals surface area (Å²) >= 11 is 0. The van der Waals surface area contributed by atoms with Crippen molar-refractivity contribution in [1.29, 1.82) is 5.41 Å². The van der Waals surface area contributed by atoms with Crippen LogP contribution in [0.1, 0.15) is 10.4 Å². The lowest BCUT2D eigenvalue weighted by Crippen LogP contribution is -2.15. The third kappa shape index (κ3) is 1.63. The molecular formula is C14H11N3O2. The molecule has 3 rings (SSSR count). The molecule has 0 aliphatic heterocycles. The fourth-order valence-corrected chi connectivity index (χ4v) is 2.16. The normalized spacial score (nSPS) is 10.9. The number of fused-ring (bicyclic) bond motifs is 2. The van der Waals surface area contributed by atoms with Gasteiger partial charge in [-0.25, -0.2) is 0 Å². The Labute approximate surface area is 107 Å². The van der Waals surface area contributed by atoms with Crippen LogP contribution in [0.3, 0.4) is 0 Å². The van der Waals surface area contributed by atoms with Gasteiger partial charge in [-0.05, 0) is 30.3 Å². The van der Waals surface area contributed by atoms with Gasteiger partial charge in [0.25, 0.3) is 0 Å². The lowest BCUT2D eigenvalue weighted by atomic mass is 10.1. The van der Waals surface area contributed by atoms with Crippen LogP contribution in [0, 0.1) is 5.41 Å². The van der Waals surface area contributed by atoms with Crippen LogP contribution in [0.15, 0.2) is 40.8 Å². The Balaban J connectivity index is 2.59. The molecule has 19 heavy (non-hydrogen) atoms. The predicted molar refractivity (Wildman–Crippen MR) is 72.5 cm³/mol. The summed E-state index contributed by atoms with van der Waals surface area (Å²) in [6.45, 7) is 0. The standard InChI is InChI=1S/C14H11N3O2/c15-7-4-5-10-9(6-7)13(16)12-8(14(17)18)2-1-3-11(12)19-10/h1-6,16H,15H2,(H2,17,18). The molecule has 1 heterocycles. The van der Waals surface area contributed by atoms with Gasteiger partial charge in [0.05, 0.1) is 16.3 Å². The van der Waals surface area contributed by atoms with Crippen LogP contribution < -0.4 is 16.8 Å². The van der Waals surface area contributed by atoms with Gasteiger partial charge < -0.3 is 15.9 Å². The zero-order valence-electron chi connectivity index (χ0n) is 9.94. The third-order valence-electron chi connectivity index (χ3n) is 3.03. The van der Waals surface area contributed by atoms with E-state index in [1.165, 1.54) is 0 Å². The van der Waals surface area contributed by atoms with Crippen molar-refractivity contribution in [1.82, 2.24) is 0 Å². The second-order valence-electron chi connectivity index (χ2n) is 4.28. The van der Waals surface area contributed by atoms with E-state index in [-0.39, 0.29) is 10.9 Å². The number of anilines is 1. The van der Waals surface area contributed by atoms with Gasteiger partial charge in [0.2, 0.25) is 5.91 Å². The summed E-state index contributed by atoms with van der Waals surface area (Å²) in [5.74, 6) is -0.586. The molecule has 0 aliphatic carbocycles. The Hall–Kier alpha value is -2.82. The summed E-state index contributed by atoms with van der Waals surface area (Å²) in [6.07, 6.45) is 0. The minimum atomic E-state index is -0.586. The molecule has 5 nitrogen and oxygen atoms in total. The first-order valence-corrected chi connectivity index (χ1v) is 5.67. The van der Waals surface area contributed by atoms with E-state index in [9.17, 15) is 4.79 Å². The topological polar surface area (TPSA) is 106 Å². The van der Waals surface area contributed by atoms with Gasteiger partial charge in [-0.2, -0.15) is 0 Å². The van der Waals surface area contributed by atoms with Gasteiger partial charge in [0, 0.05) is 11.1 Å². The van der Waals surface area contributed by atoms with Crippen molar-refractivity contribution in [2.45, 2.75) is 0 Å². The van der Waals surface area contributed by atoms with E-state index < -0.39 is 5.91 Å². The second-order valence-corrected chi connectivity index (χ2v) is 4.28. The number of amides is 1. The van der Waals surface area contributed by atoms with Crippen molar-refractivity contribution in [3.05, 3.63) is 47.3 Å². The van der Waals surface area contributed by atoms with E-state index in [1.807, 2.05) is 0 Å². The molecule has 94 valence electrons. The van der Waals surface area contributed by atoms with Crippen LogP contribution in [-0.2, 0) is 0 Å². The monoisotopic (exact) mass is 253 g/mol. The van der Waals surface area contributed by atoms with Crippen molar-refractivity contribution >= 4 is 33.5 Å². The zero-order valence-corrected chi connectivity index (χ0v) is 9.94. The minimum absolute atomic E-state index is 0.193. The Morgan fingerprint density at radius 3 is 2.68 bits per heavy atom. The number of nitrogens with one attached hydrogen (secondary N) is 1. The quantitative estimate of drug-likeness (QED) is 0.454. The maximum Gasteiger partial charge on any atom is 0.249 e. The summed E-state index contributed by atoms with van der Waals surface area (Å²) in [5, 5.41) is 9.40. The van der Waals surface area contributed by atoms with Crippen LogP contribution >= 0.6 is 0 Å². The molecule has 0 radical (unpaired) electrons. The van der Waals surface area contributed by atoms with E-state index in [0.717, 1.165) is 0 Å². The molecule has 2 aromatic carbocycles. The van der Waals surface area contributed by atoms with Crippen molar-refractivity contribution in [3.8, 4) is 0 Å². The number of carbonyl (C=O) groups is 1. The highest BCUT2D eigenvalue weighted by molar-refractivity contribution is 6.06. The average Bonchev–Trinajstić information content (AvgIpc) is 2.39. The number of hydrogen-bond donors (Lipinski definition) is 3. The fourth-order valence-electron chi connectivity index (χ4n) is 2.16. The van der Waals surface area contributed by atoms with Gasteiger partial charge in [-0.1, -0.05) is 6.07 Å². The van der Waals surface area contributed by atoms with Crippen LogP contribution in [0.2, 0.25) is 0 Å². The first-order chi connectivity index (χ1) is 9.08. The lowest BCUT2D eigenvalue weighted by Gasteiger charge is -2.06. The molecule has 1 aromatic heterocycles. The summed E-state index contributed by atoms with van der Waals surface area (Å²) in [7, 11) is 0. The van der Waals surface area contributed by atoms with E-state index in [0.29, 0.717) is 27.6 Å². The van der Waals surface area contributed by atoms with Gasteiger partial charge >= 0.3 is 0 Å². The van der Waals surface area contributed by atoms with E-state index in [1.54, 1.807) is 36.4 Å². The SMILES string of the molecule is N=c1c2cc(N)ccc2oc2cccc(C(N)=O)c12. The van der Waals surface area contributed by atoms with Crippen LogP contribution in [0.25, 0.3) is 21.9 Å². The molecule has 3 aromatic rings. The molecule has 0 atom stereocenters. The Morgan fingerprint density at radius 1 is 1.16 bits per heavy atom. The largest absolute Gasteiger partial charge is 0.456 e. The number of primary amides is 1. The zero-order chi connectivity index (χ0) is 13.6. The van der Waals surface area contributed by atoms with E-state index in [4.69, 9.17) is 21.3 Å². The summed E-state index contributed by atoms with van der Waals surface area (Å²) < 4.78 is 5.69. The molecule has 5 N–H and O–H groups in total. The highest BCUT2D eigenvalue weighted by Crippen LogP contribution is 2.22. The van der Waals surface area contributed by atoms with E-state index in [2.05, 4.69) is 0 Å². The molecular weight excluding hydrogens is 242 g/mol. The molecule has 0 spiro atoms. The van der Waals surface area contributed by atoms with Crippen LogP contribution in [0.5, 0.6) is 0 Å². The molecule has 5 heteroatoms. The second kappa shape index (κ2) is 3.84. The third-order valence-corrected chi connectivity index (χ3v) is 3.03. The highest BCUT2D eigenvalue weighted by Gasteiger charge is 2.12. The van der Waals surface area contributed by atoms with Gasteiger partial charge in [0.1, 0.15) is 11.2 Å². The lowest BCUT2D eigenvalue weighted by molar-refractivity contribution is 0.100. The smallest absolute Gasteiger partial charge is 0.249 e. The molecule has 0 saturated heterocycles. The van der Waals surface area contributed by atoms with Crippen LogP contribution in [-0.4, -0.2) is 5.91 Å². The van der Waals surface area contributed by atoms with Crippen molar-refractivity contribution < 1.29 is 9.21 Å². The number of nitrogens with two attached hydrogens (primary N) is 2. The Kier molecular flexibility index (Phi) is 2.28. The first-order valence-electron chi connectivity index (χ1n) is 5.67. The fraction of sp³-hybridized carbons (Fsp3) is 0. The molecule has 1 amide bonds. The first kappa shape index (κ1) is 11.3. The number of hydrogen-bond acceptors (Lipinski definition) is 4. The number of nitrogen functional groups attached to an aromatic ring is 1. The van der Waals surface area contributed by atoms with E-state index >= 15 is 0 Å². The number of rotatable bonds is 1. The molecule has 0 aliphatic rings. The van der Waals surface area contributed by atoms with Gasteiger partial charge in [0.15, 0.2) is 0 Å². The molecule has 0 saturated carbocycles. The average molecular weight is 253 g/mol. The van der Waals surface area contributed by atoms with Crippen molar-refractivity contribution in [2.75, 3.05) is 5.73 Å². The number of carbonyl (C=O) groups excluding carboxylic acids is 1. The molecule has 0 bridgehead atoms. The van der Waals surface area contributed by atoms with Crippen molar-refractivity contribution in [3.63, 3.8) is 0 Å². The van der Waals surface area contributed by atoms with Gasteiger partial charge in [-0.15, -0.1) is 0 Å². The molecule has 0 fully saturated rings. The minimum Gasteiger partial charge on any atom is -0.456 e. The van der Waals surface area contributed by atoms with Crippen LogP contribution in [0.4, 0.5) is 5.69 Å². The summed E-state index contributed by atoms with van der Waals surface area (Å²) in [4.78, 5) is 11.4. The number of benzene rings is 2. The maximum absolute atomic E-state index is 11.4. The summed E-state index contributed by atoms with van der Waals surface area (Å²) in [5.41, 5.74) is 12.9. The predicted octanol–water partition coefficient (Wildman–Crippen LogP) is 1.75. The molecule has 0 unspecified atom stereocenters. The highest BCUT2D eigenvalue weighted by atomic mass is 16.3. The van der Waals surface area contributed by atoms with Gasteiger partial charge in [-0.3, -0.25) is 10.2 Å². The Morgan fingerprint density at radius 2 is 1.95 bits per heavy atom. The maximum atomic E-state index is 11.4. The van der Waals surface area contributed by atoms with Crippen molar-refractivity contribution in [2.24, 2.45) is 5.73 Å². The summed E-state index contributed by atoms with van der Waals surface area (Å²) in [6, 6.07) is 10.0.